The standard InChI is InChI=1S/C9H18BF3/c1-2-3-4-5-6-7-8-10-9(11,12)13/h10H,2-8H2,1H3. The van der Waals surface area contributed by atoms with Gasteiger partial charge in [-0.15, -0.1) is 0 Å². The van der Waals surface area contributed by atoms with E-state index in [1.54, 1.807) is 0 Å². The van der Waals surface area contributed by atoms with Crippen molar-refractivity contribution in [2.24, 2.45) is 0 Å². The summed E-state index contributed by atoms with van der Waals surface area (Å²) in [4.78, 5) is 0. The highest BCUT2D eigenvalue weighted by molar-refractivity contribution is 6.37. The minimum absolute atomic E-state index is 0.301. The smallest absolute Gasteiger partial charge is 0.182 e. The minimum Gasteiger partial charge on any atom is -0.182 e. The van der Waals surface area contributed by atoms with E-state index in [0.717, 1.165) is 19.3 Å². The lowest BCUT2D eigenvalue weighted by Crippen LogP contribution is -2.17. The Morgan fingerprint density at radius 2 is 1.46 bits per heavy atom. The molecule has 13 heavy (non-hydrogen) atoms. The molecule has 0 aliphatic heterocycles. The fraction of sp³-hybridized carbons (Fsp3) is 1.00. The van der Waals surface area contributed by atoms with Crippen molar-refractivity contribution in [3.63, 3.8) is 0 Å². The first-order chi connectivity index (χ1) is 6.06. The Balaban J connectivity index is 3.00. The zero-order valence-electron chi connectivity index (χ0n) is 8.29. The largest absolute Gasteiger partial charge is 0.341 e. The Morgan fingerprint density at radius 1 is 0.923 bits per heavy atom. The van der Waals surface area contributed by atoms with Crippen molar-refractivity contribution in [1.82, 2.24) is 0 Å². The maximum absolute atomic E-state index is 11.7. The number of hydrogen-bond donors (Lipinski definition) is 0. The lowest BCUT2D eigenvalue weighted by atomic mass is 9.72. The molecular formula is C9H18BF3. The Kier molecular flexibility index (Phi) is 7.20. The first kappa shape index (κ1) is 12.9. The summed E-state index contributed by atoms with van der Waals surface area (Å²) in [6, 6.07) is 0. The van der Waals surface area contributed by atoms with Crippen molar-refractivity contribution in [3.8, 4) is 0 Å². The summed E-state index contributed by atoms with van der Waals surface area (Å²) in [6.07, 6.45) is 2.67. The van der Waals surface area contributed by atoms with Gasteiger partial charge in [-0.05, 0) is 0 Å². The van der Waals surface area contributed by atoms with Crippen LogP contribution in [0, 0.1) is 0 Å². The van der Waals surface area contributed by atoms with E-state index in [9.17, 15) is 13.2 Å². The van der Waals surface area contributed by atoms with Crippen molar-refractivity contribution in [2.75, 3.05) is 0 Å². The summed E-state index contributed by atoms with van der Waals surface area (Å²) in [5.41, 5.74) is 0. The van der Waals surface area contributed by atoms with Crippen molar-refractivity contribution in [1.29, 1.82) is 0 Å². The van der Waals surface area contributed by atoms with Crippen molar-refractivity contribution in [2.45, 2.75) is 57.8 Å². The predicted molar refractivity (Wildman–Crippen MR) is 51.4 cm³/mol. The molecule has 0 aliphatic carbocycles. The van der Waals surface area contributed by atoms with Gasteiger partial charge in [-0.25, -0.2) is 0 Å². The molecule has 0 saturated heterocycles. The SMILES string of the molecule is CCCCCCCCBC(F)(F)F. The van der Waals surface area contributed by atoms with Crippen LogP contribution in [0.25, 0.3) is 0 Å². The fourth-order valence-corrected chi connectivity index (χ4v) is 1.28. The van der Waals surface area contributed by atoms with Crippen LogP contribution in [0.15, 0.2) is 0 Å². The third-order valence-corrected chi connectivity index (χ3v) is 2.06. The monoisotopic (exact) mass is 194 g/mol. The molecule has 0 amide bonds. The maximum atomic E-state index is 11.7. The van der Waals surface area contributed by atoms with E-state index >= 15 is 0 Å². The van der Waals surface area contributed by atoms with Crippen LogP contribution in [0.3, 0.4) is 0 Å². The molecule has 0 atom stereocenters. The Morgan fingerprint density at radius 3 is 2.00 bits per heavy atom. The Bertz CT molecular complexity index is 112. The number of alkyl halides is 3. The van der Waals surface area contributed by atoms with E-state index in [0.29, 0.717) is 6.32 Å². The second-order valence-corrected chi connectivity index (χ2v) is 3.49. The molecule has 0 fully saturated rings. The molecule has 0 rings (SSSR count). The molecule has 0 saturated carbocycles. The van der Waals surface area contributed by atoms with Gasteiger partial charge >= 0.3 is 6.08 Å². The van der Waals surface area contributed by atoms with Gasteiger partial charge in [0.25, 0.3) is 7.28 Å². The van der Waals surface area contributed by atoms with Crippen LogP contribution in [0.5, 0.6) is 0 Å². The molecule has 0 heterocycles. The summed E-state index contributed by atoms with van der Waals surface area (Å²) in [7, 11) is -0.610. The van der Waals surface area contributed by atoms with Gasteiger partial charge in [0.2, 0.25) is 0 Å². The third kappa shape index (κ3) is 11.9. The van der Waals surface area contributed by atoms with E-state index in [2.05, 4.69) is 6.92 Å². The van der Waals surface area contributed by atoms with Crippen LogP contribution in [0.4, 0.5) is 13.2 Å². The second kappa shape index (κ2) is 7.28. The topological polar surface area (TPSA) is 0 Å². The van der Waals surface area contributed by atoms with Crippen molar-refractivity contribution in [3.05, 3.63) is 0 Å². The lowest BCUT2D eigenvalue weighted by Gasteiger charge is -2.03. The van der Waals surface area contributed by atoms with Crippen LogP contribution in [-0.2, 0) is 0 Å². The third-order valence-electron chi connectivity index (χ3n) is 2.06. The summed E-state index contributed by atoms with van der Waals surface area (Å²) in [6.45, 7) is 2.13. The molecule has 0 bridgehead atoms. The lowest BCUT2D eigenvalue weighted by molar-refractivity contribution is -0.0472. The molecule has 0 aromatic heterocycles. The van der Waals surface area contributed by atoms with Crippen LogP contribution in [-0.4, -0.2) is 13.4 Å². The molecule has 0 aromatic carbocycles. The summed E-state index contributed by atoms with van der Waals surface area (Å²) < 4.78 is 35.1. The highest BCUT2D eigenvalue weighted by Gasteiger charge is 2.27. The zero-order valence-corrected chi connectivity index (χ0v) is 8.29. The van der Waals surface area contributed by atoms with E-state index in [4.69, 9.17) is 0 Å². The maximum Gasteiger partial charge on any atom is 0.341 e. The second-order valence-electron chi connectivity index (χ2n) is 3.49. The number of halogens is 3. The van der Waals surface area contributed by atoms with Gasteiger partial charge < -0.3 is 0 Å². The average Bonchev–Trinajstić information content (AvgIpc) is 2.01. The first-order valence-corrected chi connectivity index (χ1v) is 5.13. The molecule has 0 nitrogen and oxygen atoms in total. The first-order valence-electron chi connectivity index (χ1n) is 5.13. The molecular weight excluding hydrogens is 176 g/mol. The van der Waals surface area contributed by atoms with Gasteiger partial charge in [0, 0.05) is 0 Å². The molecule has 4 heteroatoms. The predicted octanol–water partition coefficient (Wildman–Crippen LogP) is 3.72. The number of hydrogen-bond acceptors (Lipinski definition) is 0. The van der Waals surface area contributed by atoms with Crippen LogP contribution in [0.2, 0.25) is 6.32 Å². The molecule has 0 aliphatic rings. The van der Waals surface area contributed by atoms with Crippen LogP contribution < -0.4 is 0 Å². The average molecular weight is 194 g/mol. The van der Waals surface area contributed by atoms with E-state index in [-0.39, 0.29) is 0 Å². The molecule has 0 N–H and O–H groups in total. The molecule has 0 unspecified atom stereocenters. The van der Waals surface area contributed by atoms with Gasteiger partial charge in [-0.1, -0.05) is 51.8 Å². The van der Waals surface area contributed by atoms with Gasteiger partial charge in [0.15, 0.2) is 0 Å². The normalized spacial score (nSPS) is 11.7. The molecule has 0 aromatic rings. The quantitative estimate of drug-likeness (QED) is 0.428. The highest BCUT2D eigenvalue weighted by atomic mass is 19.4. The summed E-state index contributed by atoms with van der Waals surface area (Å²) in [5.74, 6) is 0. The van der Waals surface area contributed by atoms with Gasteiger partial charge in [0.1, 0.15) is 0 Å². The van der Waals surface area contributed by atoms with E-state index < -0.39 is 13.4 Å². The van der Waals surface area contributed by atoms with Crippen molar-refractivity contribution >= 4 is 7.28 Å². The molecule has 0 radical (unpaired) electrons. The number of rotatable bonds is 7. The Labute approximate surface area is 79.1 Å². The van der Waals surface area contributed by atoms with E-state index in [1.807, 2.05) is 0 Å². The molecule has 0 spiro atoms. The highest BCUT2D eigenvalue weighted by Crippen LogP contribution is 2.16. The fourth-order valence-electron chi connectivity index (χ4n) is 1.28. The Hall–Kier alpha value is -0.145. The minimum atomic E-state index is -3.95. The van der Waals surface area contributed by atoms with Gasteiger partial charge in [0.05, 0.1) is 0 Å². The summed E-state index contributed by atoms with van der Waals surface area (Å²) >= 11 is 0. The van der Waals surface area contributed by atoms with Gasteiger partial charge in [-0.3, -0.25) is 0 Å². The van der Waals surface area contributed by atoms with Gasteiger partial charge in [-0.2, -0.15) is 13.2 Å². The van der Waals surface area contributed by atoms with Crippen molar-refractivity contribution < 1.29 is 13.2 Å². The molecule has 78 valence electrons. The van der Waals surface area contributed by atoms with E-state index in [1.165, 1.54) is 19.3 Å². The zero-order chi connectivity index (χ0) is 10.2. The number of unbranched alkanes of at least 4 members (excludes halogenated alkanes) is 5. The van der Waals surface area contributed by atoms with Crippen LogP contribution in [0.1, 0.15) is 45.4 Å². The van der Waals surface area contributed by atoms with Crippen LogP contribution >= 0.6 is 0 Å². The summed E-state index contributed by atoms with van der Waals surface area (Å²) in [5, 5.41) is 0.